The van der Waals surface area contributed by atoms with Gasteiger partial charge in [0.25, 0.3) is 0 Å². The van der Waals surface area contributed by atoms with Gasteiger partial charge in [0.2, 0.25) is 0 Å². The summed E-state index contributed by atoms with van der Waals surface area (Å²) in [4.78, 5) is 2.44. The molecule has 2 N–H and O–H groups in total. The van der Waals surface area contributed by atoms with Crippen molar-refractivity contribution >= 4 is 0 Å². The molecule has 1 aliphatic rings. The lowest BCUT2D eigenvalue weighted by Gasteiger charge is -2.18. The number of rotatable bonds is 4. The highest BCUT2D eigenvalue weighted by Crippen LogP contribution is 2.07. The largest absolute Gasteiger partial charge is 0.326 e. The molecule has 1 aliphatic heterocycles. The molecule has 1 fully saturated rings. The fraction of sp³-hybridized carbons (Fsp3) is 0.778. The van der Waals surface area contributed by atoms with Crippen LogP contribution in [0.1, 0.15) is 19.3 Å². The average molecular weight is 154 g/mol. The Morgan fingerprint density at radius 1 is 1.45 bits per heavy atom. The average Bonchev–Trinajstić information content (AvgIpc) is 2.40. The van der Waals surface area contributed by atoms with Gasteiger partial charge in [0.15, 0.2) is 0 Å². The zero-order valence-electron chi connectivity index (χ0n) is 7.13. The summed E-state index contributed by atoms with van der Waals surface area (Å²) in [5.74, 6) is 0. The van der Waals surface area contributed by atoms with Gasteiger partial charge in [0, 0.05) is 12.6 Å². The first kappa shape index (κ1) is 8.75. The molecular weight excluding hydrogens is 136 g/mol. The van der Waals surface area contributed by atoms with Crippen molar-refractivity contribution in [1.29, 1.82) is 0 Å². The Kier molecular flexibility index (Phi) is 3.60. The van der Waals surface area contributed by atoms with Gasteiger partial charge in [-0.1, -0.05) is 6.08 Å². The predicted molar refractivity (Wildman–Crippen MR) is 48.5 cm³/mol. The predicted octanol–water partition coefficient (Wildman–Crippen LogP) is 0.986. The van der Waals surface area contributed by atoms with Crippen LogP contribution in [-0.4, -0.2) is 30.6 Å². The van der Waals surface area contributed by atoms with Crippen molar-refractivity contribution < 1.29 is 0 Å². The molecule has 0 aromatic carbocycles. The molecule has 0 radical (unpaired) electrons. The Morgan fingerprint density at radius 3 is 2.64 bits per heavy atom. The Bertz CT molecular complexity index is 117. The monoisotopic (exact) mass is 154 g/mol. The summed E-state index contributed by atoms with van der Waals surface area (Å²) in [7, 11) is 0. The first-order valence-electron chi connectivity index (χ1n) is 4.42. The molecule has 0 amide bonds. The second-order valence-corrected chi connectivity index (χ2v) is 3.29. The molecule has 1 heterocycles. The molecule has 0 saturated carbocycles. The fourth-order valence-electron chi connectivity index (χ4n) is 1.59. The second-order valence-electron chi connectivity index (χ2n) is 3.29. The number of likely N-dealkylation sites (tertiary alicyclic amines) is 1. The standard InChI is InChI=1S/C9H18N2/c1-2-5-9(10)8-11-6-3-4-7-11/h2,9H,1,3-8,10H2. The van der Waals surface area contributed by atoms with Gasteiger partial charge in [-0.05, 0) is 32.4 Å². The molecular formula is C9H18N2. The molecule has 0 bridgehead atoms. The van der Waals surface area contributed by atoms with Crippen molar-refractivity contribution in [3.05, 3.63) is 12.7 Å². The lowest BCUT2D eigenvalue weighted by Crippen LogP contribution is -2.35. The first-order valence-corrected chi connectivity index (χ1v) is 4.42. The highest BCUT2D eigenvalue weighted by molar-refractivity contribution is 4.79. The third-order valence-corrected chi connectivity index (χ3v) is 2.16. The Labute approximate surface area is 69.1 Å². The van der Waals surface area contributed by atoms with Crippen molar-refractivity contribution in [2.75, 3.05) is 19.6 Å². The normalized spacial score (nSPS) is 21.9. The summed E-state index contributed by atoms with van der Waals surface area (Å²) in [6.07, 6.45) is 5.54. The first-order chi connectivity index (χ1) is 5.33. The van der Waals surface area contributed by atoms with Crippen LogP contribution in [0.5, 0.6) is 0 Å². The van der Waals surface area contributed by atoms with E-state index in [1.807, 2.05) is 6.08 Å². The Hall–Kier alpha value is -0.340. The zero-order chi connectivity index (χ0) is 8.10. The molecule has 11 heavy (non-hydrogen) atoms. The van der Waals surface area contributed by atoms with Gasteiger partial charge in [0.05, 0.1) is 0 Å². The van der Waals surface area contributed by atoms with Crippen molar-refractivity contribution in [2.24, 2.45) is 5.73 Å². The van der Waals surface area contributed by atoms with Gasteiger partial charge >= 0.3 is 0 Å². The molecule has 0 aromatic heterocycles. The SMILES string of the molecule is C=CCC(N)CN1CCCC1. The number of nitrogens with two attached hydrogens (primary N) is 1. The summed E-state index contributed by atoms with van der Waals surface area (Å²) in [6.45, 7) is 7.21. The number of hydrogen-bond donors (Lipinski definition) is 1. The quantitative estimate of drug-likeness (QED) is 0.612. The van der Waals surface area contributed by atoms with Crippen LogP contribution in [0.4, 0.5) is 0 Å². The van der Waals surface area contributed by atoms with E-state index in [0.29, 0.717) is 6.04 Å². The topological polar surface area (TPSA) is 29.3 Å². The van der Waals surface area contributed by atoms with Gasteiger partial charge in [-0.15, -0.1) is 6.58 Å². The maximum absolute atomic E-state index is 5.85. The molecule has 1 atom stereocenters. The van der Waals surface area contributed by atoms with E-state index in [4.69, 9.17) is 5.73 Å². The summed E-state index contributed by atoms with van der Waals surface area (Å²) >= 11 is 0. The minimum absolute atomic E-state index is 0.297. The molecule has 0 spiro atoms. The molecule has 1 rings (SSSR count). The number of nitrogens with zero attached hydrogens (tertiary/aromatic N) is 1. The van der Waals surface area contributed by atoms with Crippen LogP contribution < -0.4 is 5.73 Å². The van der Waals surface area contributed by atoms with Crippen LogP contribution in [0, 0.1) is 0 Å². The molecule has 1 unspecified atom stereocenters. The van der Waals surface area contributed by atoms with Crippen molar-refractivity contribution in [3.8, 4) is 0 Å². The minimum Gasteiger partial charge on any atom is -0.326 e. The van der Waals surface area contributed by atoms with E-state index in [9.17, 15) is 0 Å². The van der Waals surface area contributed by atoms with Crippen molar-refractivity contribution in [2.45, 2.75) is 25.3 Å². The van der Waals surface area contributed by atoms with Crippen LogP contribution in [0.2, 0.25) is 0 Å². The van der Waals surface area contributed by atoms with E-state index in [-0.39, 0.29) is 0 Å². The second kappa shape index (κ2) is 4.52. The Balaban J connectivity index is 2.12. The van der Waals surface area contributed by atoms with E-state index in [2.05, 4.69) is 11.5 Å². The highest BCUT2D eigenvalue weighted by atomic mass is 15.1. The summed E-state index contributed by atoms with van der Waals surface area (Å²) in [6, 6.07) is 0.297. The molecule has 2 nitrogen and oxygen atoms in total. The van der Waals surface area contributed by atoms with Gasteiger partial charge in [-0.2, -0.15) is 0 Å². The molecule has 64 valence electrons. The van der Waals surface area contributed by atoms with Gasteiger partial charge in [-0.3, -0.25) is 0 Å². The van der Waals surface area contributed by atoms with E-state index >= 15 is 0 Å². The summed E-state index contributed by atoms with van der Waals surface area (Å²) in [5.41, 5.74) is 5.85. The zero-order valence-corrected chi connectivity index (χ0v) is 7.13. The van der Waals surface area contributed by atoms with Gasteiger partial charge in [-0.25, -0.2) is 0 Å². The van der Waals surface area contributed by atoms with Crippen LogP contribution in [-0.2, 0) is 0 Å². The van der Waals surface area contributed by atoms with Gasteiger partial charge in [0.1, 0.15) is 0 Å². The third-order valence-electron chi connectivity index (χ3n) is 2.16. The van der Waals surface area contributed by atoms with E-state index < -0.39 is 0 Å². The minimum atomic E-state index is 0.297. The summed E-state index contributed by atoms with van der Waals surface area (Å²) < 4.78 is 0. The van der Waals surface area contributed by atoms with Crippen LogP contribution in [0.25, 0.3) is 0 Å². The summed E-state index contributed by atoms with van der Waals surface area (Å²) in [5, 5.41) is 0. The molecule has 0 aliphatic carbocycles. The van der Waals surface area contributed by atoms with E-state index in [0.717, 1.165) is 13.0 Å². The van der Waals surface area contributed by atoms with Gasteiger partial charge < -0.3 is 10.6 Å². The van der Waals surface area contributed by atoms with Crippen LogP contribution >= 0.6 is 0 Å². The van der Waals surface area contributed by atoms with Crippen LogP contribution in [0.15, 0.2) is 12.7 Å². The number of hydrogen-bond acceptors (Lipinski definition) is 2. The van der Waals surface area contributed by atoms with E-state index in [1.54, 1.807) is 0 Å². The van der Waals surface area contributed by atoms with E-state index in [1.165, 1.54) is 25.9 Å². The highest BCUT2D eigenvalue weighted by Gasteiger charge is 2.13. The maximum atomic E-state index is 5.85. The smallest absolute Gasteiger partial charge is 0.0202 e. The molecule has 1 saturated heterocycles. The fourth-order valence-corrected chi connectivity index (χ4v) is 1.59. The van der Waals surface area contributed by atoms with Crippen molar-refractivity contribution in [1.82, 2.24) is 4.90 Å². The van der Waals surface area contributed by atoms with Crippen LogP contribution in [0.3, 0.4) is 0 Å². The molecule has 0 aromatic rings. The Morgan fingerprint density at radius 2 is 2.09 bits per heavy atom. The third kappa shape index (κ3) is 3.04. The lowest BCUT2D eigenvalue weighted by molar-refractivity contribution is 0.314. The molecule has 2 heteroatoms. The lowest BCUT2D eigenvalue weighted by atomic mass is 10.2. The van der Waals surface area contributed by atoms with Crippen molar-refractivity contribution in [3.63, 3.8) is 0 Å². The maximum Gasteiger partial charge on any atom is 0.0202 e.